The minimum absolute atomic E-state index is 0.0301. The van der Waals surface area contributed by atoms with Crippen molar-refractivity contribution in [3.8, 4) is 5.75 Å². The van der Waals surface area contributed by atoms with Gasteiger partial charge >= 0.3 is 0 Å². The summed E-state index contributed by atoms with van der Waals surface area (Å²) in [4.78, 5) is 16.4. The minimum atomic E-state index is -3.69. The number of methoxy groups -OCH3 is 1. The van der Waals surface area contributed by atoms with Gasteiger partial charge in [0.25, 0.3) is 5.91 Å². The van der Waals surface area contributed by atoms with Gasteiger partial charge in [0, 0.05) is 31.7 Å². The van der Waals surface area contributed by atoms with E-state index in [9.17, 15) is 13.2 Å². The number of hydrogen-bond donors (Lipinski definition) is 1. The van der Waals surface area contributed by atoms with Crippen molar-refractivity contribution < 1.29 is 17.9 Å². The number of likely N-dealkylation sites (N-methyl/N-ethyl adjacent to an activating group) is 1. The van der Waals surface area contributed by atoms with E-state index in [0.717, 1.165) is 13.1 Å². The SMILES string of the molecule is CNS(=O)(=O)c1cc(C(=O)N2CCN(C)CC2)ccc1OC. The first-order valence-electron chi connectivity index (χ1n) is 6.98. The Labute approximate surface area is 130 Å². The highest BCUT2D eigenvalue weighted by atomic mass is 32.2. The van der Waals surface area contributed by atoms with Crippen molar-refractivity contribution in [2.75, 3.05) is 47.4 Å². The predicted octanol–water partition coefficient (Wildman–Crippen LogP) is -0.00910. The number of carbonyl (C=O) groups excluding carboxylic acids is 1. The van der Waals surface area contributed by atoms with Crippen LogP contribution in [0.2, 0.25) is 0 Å². The van der Waals surface area contributed by atoms with Crippen molar-refractivity contribution in [2.45, 2.75) is 4.90 Å². The highest BCUT2D eigenvalue weighted by molar-refractivity contribution is 7.89. The first-order valence-corrected chi connectivity index (χ1v) is 8.47. The fourth-order valence-corrected chi connectivity index (χ4v) is 3.24. The molecule has 2 rings (SSSR count). The molecule has 1 fully saturated rings. The number of carbonyl (C=O) groups is 1. The Balaban J connectivity index is 2.32. The van der Waals surface area contributed by atoms with E-state index < -0.39 is 10.0 Å². The highest BCUT2D eigenvalue weighted by Gasteiger charge is 2.24. The lowest BCUT2D eigenvalue weighted by atomic mass is 10.1. The molecular formula is C14H21N3O4S. The molecule has 0 atom stereocenters. The number of sulfonamides is 1. The fourth-order valence-electron chi connectivity index (χ4n) is 2.32. The Bertz CT molecular complexity index is 652. The van der Waals surface area contributed by atoms with E-state index in [4.69, 9.17) is 4.74 Å². The second-order valence-electron chi connectivity index (χ2n) is 5.17. The molecule has 1 aliphatic heterocycles. The van der Waals surface area contributed by atoms with Crippen LogP contribution in [-0.4, -0.2) is 71.5 Å². The lowest BCUT2D eigenvalue weighted by Crippen LogP contribution is -2.47. The van der Waals surface area contributed by atoms with Crippen LogP contribution in [0.15, 0.2) is 23.1 Å². The van der Waals surface area contributed by atoms with Gasteiger partial charge in [0.15, 0.2) is 0 Å². The summed E-state index contributed by atoms with van der Waals surface area (Å²) in [5.74, 6) is 0.0487. The summed E-state index contributed by atoms with van der Waals surface area (Å²) in [5, 5.41) is 0. The van der Waals surface area contributed by atoms with Crippen LogP contribution in [0, 0.1) is 0 Å². The standard InChI is InChI=1S/C14H21N3O4S/c1-15-22(19,20)13-10-11(4-5-12(13)21-3)14(18)17-8-6-16(2)7-9-17/h4-5,10,15H,6-9H2,1-3H3. The van der Waals surface area contributed by atoms with Gasteiger partial charge in [0.1, 0.15) is 10.6 Å². The molecule has 0 spiro atoms. The molecule has 1 amide bonds. The molecule has 1 saturated heterocycles. The third kappa shape index (κ3) is 3.40. The summed E-state index contributed by atoms with van der Waals surface area (Å²) >= 11 is 0. The second kappa shape index (κ2) is 6.64. The second-order valence-corrected chi connectivity index (χ2v) is 7.02. The molecule has 0 aliphatic carbocycles. The van der Waals surface area contributed by atoms with Gasteiger partial charge in [-0.05, 0) is 32.3 Å². The van der Waals surface area contributed by atoms with Gasteiger partial charge in [-0.1, -0.05) is 0 Å². The summed E-state index contributed by atoms with van der Waals surface area (Å²) in [7, 11) is 1.03. The quantitative estimate of drug-likeness (QED) is 0.841. The van der Waals surface area contributed by atoms with E-state index >= 15 is 0 Å². The lowest BCUT2D eigenvalue weighted by molar-refractivity contribution is 0.0664. The van der Waals surface area contributed by atoms with Crippen LogP contribution in [0.25, 0.3) is 0 Å². The first kappa shape index (κ1) is 16.7. The van der Waals surface area contributed by atoms with Crippen molar-refractivity contribution in [2.24, 2.45) is 0 Å². The van der Waals surface area contributed by atoms with Crippen LogP contribution in [0.1, 0.15) is 10.4 Å². The summed E-state index contributed by atoms with van der Waals surface area (Å²) < 4.78 is 31.4. The number of ether oxygens (including phenoxy) is 1. The molecule has 1 heterocycles. The Morgan fingerprint density at radius 3 is 2.41 bits per heavy atom. The van der Waals surface area contributed by atoms with Crippen LogP contribution in [-0.2, 0) is 10.0 Å². The average Bonchev–Trinajstić information content (AvgIpc) is 2.54. The van der Waals surface area contributed by atoms with Crippen LogP contribution >= 0.6 is 0 Å². The number of hydrogen-bond acceptors (Lipinski definition) is 5. The van der Waals surface area contributed by atoms with E-state index in [1.54, 1.807) is 11.0 Å². The number of rotatable bonds is 4. The van der Waals surface area contributed by atoms with Gasteiger partial charge < -0.3 is 14.5 Å². The van der Waals surface area contributed by atoms with Crippen molar-refractivity contribution in [1.29, 1.82) is 0 Å². The zero-order valence-electron chi connectivity index (χ0n) is 13.0. The normalized spacial score (nSPS) is 16.6. The number of nitrogens with zero attached hydrogens (tertiary/aromatic N) is 2. The maximum atomic E-state index is 12.5. The smallest absolute Gasteiger partial charge is 0.253 e. The molecule has 1 aliphatic rings. The molecule has 0 unspecified atom stereocenters. The van der Waals surface area contributed by atoms with Crippen LogP contribution < -0.4 is 9.46 Å². The molecule has 0 radical (unpaired) electrons. The molecule has 8 heteroatoms. The van der Waals surface area contributed by atoms with Crippen LogP contribution in [0.4, 0.5) is 0 Å². The molecule has 0 saturated carbocycles. The number of amides is 1. The molecule has 1 aromatic carbocycles. The number of benzene rings is 1. The molecule has 22 heavy (non-hydrogen) atoms. The lowest BCUT2D eigenvalue weighted by Gasteiger charge is -2.32. The minimum Gasteiger partial charge on any atom is -0.495 e. The monoisotopic (exact) mass is 327 g/mol. The third-order valence-corrected chi connectivity index (χ3v) is 5.19. The maximum Gasteiger partial charge on any atom is 0.253 e. The van der Waals surface area contributed by atoms with E-state index in [-0.39, 0.29) is 16.6 Å². The average molecular weight is 327 g/mol. The van der Waals surface area contributed by atoms with Gasteiger partial charge in [-0.15, -0.1) is 0 Å². The Kier molecular flexibility index (Phi) is 5.05. The molecule has 1 N–H and O–H groups in total. The van der Waals surface area contributed by atoms with E-state index in [0.29, 0.717) is 18.7 Å². The van der Waals surface area contributed by atoms with Gasteiger partial charge in [-0.2, -0.15) is 0 Å². The summed E-state index contributed by atoms with van der Waals surface area (Å²) in [6.45, 7) is 2.89. The molecule has 0 bridgehead atoms. The molecule has 1 aromatic rings. The Morgan fingerprint density at radius 1 is 1.23 bits per heavy atom. The topological polar surface area (TPSA) is 79.0 Å². The van der Waals surface area contributed by atoms with E-state index in [1.807, 2.05) is 7.05 Å². The number of nitrogens with one attached hydrogen (secondary N) is 1. The maximum absolute atomic E-state index is 12.5. The van der Waals surface area contributed by atoms with Crippen molar-refractivity contribution in [1.82, 2.24) is 14.5 Å². The zero-order chi connectivity index (χ0) is 16.3. The Hall–Kier alpha value is -1.64. The van der Waals surface area contributed by atoms with Crippen molar-refractivity contribution >= 4 is 15.9 Å². The van der Waals surface area contributed by atoms with E-state index in [2.05, 4.69) is 9.62 Å². The number of piperazine rings is 1. The Morgan fingerprint density at radius 2 is 1.86 bits per heavy atom. The summed E-state index contributed by atoms with van der Waals surface area (Å²) in [6.07, 6.45) is 0. The largest absolute Gasteiger partial charge is 0.495 e. The van der Waals surface area contributed by atoms with E-state index in [1.165, 1.54) is 26.3 Å². The molecule has 122 valence electrons. The van der Waals surface area contributed by atoms with Gasteiger partial charge in [-0.25, -0.2) is 13.1 Å². The van der Waals surface area contributed by atoms with Crippen molar-refractivity contribution in [3.05, 3.63) is 23.8 Å². The zero-order valence-corrected chi connectivity index (χ0v) is 13.8. The summed E-state index contributed by atoms with van der Waals surface area (Å²) in [5.41, 5.74) is 0.346. The van der Waals surface area contributed by atoms with Gasteiger partial charge in [0.2, 0.25) is 10.0 Å². The first-order chi connectivity index (χ1) is 10.4. The fraction of sp³-hybridized carbons (Fsp3) is 0.500. The molecule has 0 aromatic heterocycles. The summed E-state index contributed by atoms with van der Waals surface area (Å²) in [6, 6.07) is 4.47. The third-order valence-electron chi connectivity index (χ3n) is 3.76. The van der Waals surface area contributed by atoms with Gasteiger partial charge in [-0.3, -0.25) is 4.79 Å². The predicted molar refractivity (Wildman–Crippen MR) is 82.6 cm³/mol. The van der Waals surface area contributed by atoms with Crippen molar-refractivity contribution in [3.63, 3.8) is 0 Å². The van der Waals surface area contributed by atoms with Crippen LogP contribution in [0.3, 0.4) is 0 Å². The van der Waals surface area contributed by atoms with Crippen LogP contribution in [0.5, 0.6) is 5.75 Å². The molecule has 7 nitrogen and oxygen atoms in total. The van der Waals surface area contributed by atoms with Gasteiger partial charge in [0.05, 0.1) is 7.11 Å². The molecular weight excluding hydrogens is 306 g/mol. The highest BCUT2D eigenvalue weighted by Crippen LogP contribution is 2.25.